The summed E-state index contributed by atoms with van der Waals surface area (Å²) in [7, 11) is 0. The van der Waals surface area contributed by atoms with E-state index in [9.17, 15) is 0 Å². The Morgan fingerprint density at radius 1 is 1.33 bits per heavy atom. The predicted octanol–water partition coefficient (Wildman–Crippen LogP) is 2.93. The van der Waals surface area contributed by atoms with Gasteiger partial charge >= 0.3 is 0 Å². The SMILES string of the molecule is CC(C)c1ccc2c(c1)CCC1(CCN(CCCN)C1)O2. The summed E-state index contributed by atoms with van der Waals surface area (Å²) >= 11 is 0. The van der Waals surface area contributed by atoms with Crippen molar-refractivity contribution in [2.24, 2.45) is 5.73 Å². The Bertz CT molecular complexity index is 500. The summed E-state index contributed by atoms with van der Waals surface area (Å²) in [5, 5.41) is 0. The van der Waals surface area contributed by atoms with Crippen LogP contribution in [0.15, 0.2) is 18.2 Å². The molecule has 0 aromatic heterocycles. The van der Waals surface area contributed by atoms with Crippen molar-refractivity contribution < 1.29 is 4.74 Å². The first-order chi connectivity index (χ1) is 10.1. The molecule has 1 aromatic rings. The summed E-state index contributed by atoms with van der Waals surface area (Å²) in [5.41, 5.74) is 8.49. The highest BCUT2D eigenvalue weighted by molar-refractivity contribution is 5.40. The van der Waals surface area contributed by atoms with Crippen LogP contribution in [0, 0.1) is 0 Å². The Morgan fingerprint density at radius 2 is 2.19 bits per heavy atom. The highest BCUT2D eigenvalue weighted by Gasteiger charge is 2.42. The molecular formula is C18H28N2O. The number of likely N-dealkylation sites (tertiary alicyclic amines) is 1. The Kier molecular flexibility index (Phi) is 4.23. The minimum absolute atomic E-state index is 0.0565. The number of rotatable bonds is 4. The minimum Gasteiger partial charge on any atom is -0.486 e. The van der Waals surface area contributed by atoms with Gasteiger partial charge in [0, 0.05) is 19.5 Å². The average molecular weight is 288 g/mol. The van der Waals surface area contributed by atoms with Crippen LogP contribution in [-0.2, 0) is 6.42 Å². The van der Waals surface area contributed by atoms with Gasteiger partial charge in [-0.2, -0.15) is 0 Å². The lowest BCUT2D eigenvalue weighted by molar-refractivity contribution is 0.0544. The van der Waals surface area contributed by atoms with E-state index in [0.29, 0.717) is 5.92 Å². The summed E-state index contributed by atoms with van der Waals surface area (Å²) in [6.45, 7) is 8.61. The topological polar surface area (TPSA) is 38.5 Å². The highest BCUT2D eigenvalue weighted by Crippen LogP contribution is 2.39. The molecule has 1 unspecified atom stereocenters. The van der Waals surface area contributed by atoms with E-state index in [0.717, 1.165) is 57.6 Å². The van der Waals surface area contributed by atoms with E-state index in [2.05, 4.69) is 36.9 Å². The lowest BCUT2D eigenvalue weighted by Gasteiger charge is -2.36. The van der Waals surface area contributed by atoms with Crippen molar-refractivity contribution in [2.75, 3.05) is 26.2 Å². The Morgan fingerprint density at radius 3 is 2.95 bits per heavy atom. The molecular weight excluding hydrogens is 260 g/mol. The molecule has 0 radical (unpaired) electrons. The molecule has 1 fully saturated rings. The van der Waals surface area contributed by atoms with E-state index in [1.54, 1.807) is 0 Å². The van der Waals surface area contributed by atoms with Crippen LogP contribution in [0.5, 0.6) is 5.75 Å². The second-order valence-electron chi connectivity index (χ2n) is 6.98. The Labute approximate surface area is 128 Å². The van der Waals surface area contributed by atoms with Gasteiger partial charge in [0.1, 0.15) is 11.4 Å². The zero-order chi connectivity index (χ0) is 14.9. The zero-order valence-corrected chi connectivity index (χ0v) is 13.4. The van der Waals surface area contributed by atoms with E-state index in [-0.39, 0.29) is 5.60 Å². The zero-order valence-electron chi connectivity index (χ0n) is 13.4. The van der Waals surface area contributed by atoms with Gasteiger partial charge in [0.05, 0.1) is 0 Å². The maximum atomic E-state index is 6.45. The molecule has 1 aromatic carbocycles. The first-order valence-corrected chi connectivity index (χ1v) is 8.36. The van der Waals surface area contributed by atoms with E-state index < -0.39 is 0 Å². The molecule has 1 saturated heterocycles. The fourth-order valence-electron chi connectivity index (χ4n) is 3.62. The Balaban J connectivity index is 1.70. The summed E-state index contributed by atoms with van der Waals surface area (Å²) in [4.78, 5) is 2.51. The van der Waals surface area contributed by atoms with E-state index in [1.165, 1.54) is 11.1 Å². The fraction of sp³-hybridized carbons (Fsp3) is 0.667. The first-order valence-electron chi connectivity index (χ1n) is 8.36. The van der Waals surface area contributed by atoms with Crippen LogP contribution in [-0.4, -0.2) is 36.7 Å². The lowest BCUT2D eigenvalue weighted by atomic mass is 9.88. The fourth-order valence-corrected chi connectivity index (χ4v) is 3.62. The van der Waals surface area contributed by atoms with Gasteiger partial charge in [-0.05, 0) is 55.5 Å². The second-order valence-corrected chi connectivity index (χ2v) is 6.98. The maximum Gasteiger partial charge on any atom is 0.123 e. The summed E-state index contributed by atoms with van der Waals surface area (Å²) < 4.78 is 6.45. The molecule has 2 aliphatic rings. The van der Waals surface area contributed by atoms with Crippen LogP contribution in [0.4, 0.5) is 0 Å². The third kappa shape index (κ3) is 3.09. The lowest BCUT2D eigenvalue weighted by Crippen LogP contribution is -2.42. The smallest absolute Gasteiger partial charge is 0.123 e. The summed E-state index contributed by atoms with van der Waals surface area (Å²) in [6, 6.07) is 6.76. The molecule has 3 rings (SSSR count). The van der Waals surface area contributed by atoms with Crippen LogP contribution >= 0.6 is 0 Å². The van der Waals surface area contributed by atoms with Gasteiger partial charge in [-0.3, -0.25) is 4.90 Å². The number of hydrogen-bond donors (Lipinski definition) is 1. The molecule has 0 saturated carbocycles. The van der Waals surface area contributed by atoms with E-state index in [4.69, 9.17) is 10.5 Å². The highest BCUT2D eigenvalue weighted by atomic mass is 16.5. The molecule has 0 amide bonds. The second kappa shape index (κ2) is 5.98. The summed E-state index contributed by atoms with van der Waals surface area (Å²) in [5.74, 6) is 1.70. The number of hydrogen-bond acceptors (Lipinski definition) is 3. The number of aryl methyl sites for hydroxylation is 1. The van der Waals surface area contributed by atoms with Crippen molar-refractivity contribution in [2.45, 2.75) is 51.0 Å². The maximum absolute atomic E-state index is 6.45. The van der Waals surface area contributed by atoms with Crippen molar-refractivity contribution in [3.63, 3.8) is 0 Å². The first kappa shape index (κ1) is 14.9. The van der Waals surface area contributed by atoms with Crippen LogP contribution in [0.2, 0.25) is 0 Å². The number of fused-ring (bicyclic) bond motifs is 1. The summed E-state index contributed by atoms with van der Waals surface area (Å²) in [6.07, 6.45) is 4.55. The average Bonchev–Trinajstić information content (AvgIpc) is 2.87. The minimum atomic E-state index is 0.0565. The predicted molar refractivity (Wildman–Crippen MR) is 86.9 cm³/mol. The van der Waals surface area contributed by atoms with Gasteiger partial charge in [0.25, 0.3) is 0 Å². The Hall–Kier alpha value is -1.06. The number of nitrogens with zero attached hydrogens (tertiary/aromatic N) is 1. The van der Waals surface area contributed by atoms with Crippen molar-refractivity contribution in [1.82, 2.24) is 4.90 Å². The molecule has 3 heteroatoms. The molecule has 116 valence electrons. The molecule has 0 bridgehead atoms. The molecule has 3 nitrogen and oxygen atoms in total. The molecule has 1 spiro atoms. The third-order valence-electron chi connectivity index (χ3n) is 5.00. The van der Waals surface area contributed by atoms with Crippen LogP contribution < -0.4 is 10.5 Å². The molecule has 2 aliphatic heterocycles. The third-order valence-corrected chi connectivity index (χ3v) is 5.00. The quantitative estimate of drug-likeness (QED) is 0.926. The largest absolute Gasteiger partial charge is 0.486 e. The molecule has 0 aliphatic carbocycles. The van der Waals surface area contributed by atoms with Gasteiger partial charge in [-0.25, -0.2) is 0 Å². The van der Waals surface area contributed by atoms with Gasteiger partial charge in [-0.15, -0.1) is 0 Å². The standard InChI is InChI=1S/C18H28N2O/c1-14(2)15-4-5-17-16(12-15)6-7-18(21-17)8-11-20(13-18)10-3-9-19/h4-5,12,14H,3,6-11,13,19H2,1-2H3. The number of nitrogens with two attached hydrogens (primary N) is 1. The number of benzene rings is 1. The van der Waals surface area contributed by atoms with Gasteiger partial charge in [0.2, 0.25) is 0 Å². The van der Waals surface area contributed by atoms with Crippen LogP contribution in [0.1, 0.15) is 50.2 Å². The monoisotopic (exact) mass is 288 g/mol. The van der Waals surface area contributed by atoms with E-state index >= 15 is 0 Å². The van der Waals surface area contributed by atoms with Crippen LogP contribution in [0.25, 0.3) is 0 Å². The van der Waals surface area contributed by atoms with Crippen molar-refractivity contribution in [1.29, 1.82) is 0 Å². The normalized spacial score (nSPS) is 25.3. The van der Waals surface area contributed by atoms with Gasteiger partial charge < -0.3 is 10.5 Å². The molecule has 2 heterocycles. The van der Waals surface area contributed by atoms with Crippen LogP contribution in [0.3, 0.4) is 0 Å². The molecule has 2 N–H and O–H groups in total. The van der Waals surface area contributed by atoms with E-state index in [1.807, 2.05) is 0 Å². The number of ether oxygens (including phenoxy) is 1. The van der Waals surface area contributed by atoms with Crippen molar-refractivity contribution >= 4 is 0 Å². The molecule has 21 heavy (non-hydrogen) atoms. The molecule has 1 atom stereocenters. The van der Waals surface area contributed by atoms with Gasteiger partial charge in [-0.1, -0.05) is 26.0 Å². The van der Waals surface area contributed by atoms with Gasteiger partial charge in [0.15, 0.2) is 0 Å². The van der Waals surface area contributed by atoms with Crippen molar-refractivity contribution in [3.8, 4) is 5.75 Å². The van der Waals surface area contributed by atoms with Crippen molar-refractivity contribution in [3.05, 3.63) is 29.3 Å².